The molecule has 9 heteroatoms. The van der Waals surface area contributed by atoms with Crippen molar-refractivity contribution in [1.82, 2.24) is 15.5 Å². The van der Waals surface area contributed by atoms with Crippen molar-refractivity contribution < 1.29 is 23.9 Å². The molecule has 0 saturated carbocycles. The number of carbonyl (C=O) groups excluding carboxylic acids is 4. The Bertz CT molecular complexity index is 692. The van der Waals surface area contributed by atoms with E-state index in [9.17, 15) is 19.2 Å². The Morgan fingerprint density at radius 2 is 1.79 bits per heavy atom. The molecule has 0 unspecified atom stereocenters. The summed E-state index contributed by atoms with van der Waals surface area (Å²) in [5, 5.41) is 4.96. The Kier molecular flexibility index (Phi) is 5.91. The first-order chi connectivity index (χ1) is 11.4. The van der Waals surface area contributed by atoms with E-state index >= 15 is 0 Å². The fourth-order valence-corrected chi connectivity index (χ4v) is 2.52. The maximum atomic E-state index is 12.2. The topological polar surface area (TPSA) is 105 Å². The van der Waals surface area contributed by atoms with Gasteiger partial charge in [-0.05, 0) is 25.1 Å². The van der Waals surface area contributed by atoms with Crippen LogP contribution in [0.3, 0.4) is 0 Å². The highest BCUT2D eigenvalue weighted by atomic mass is 79.9. The van der Waals surface area contributed by atoms with Gasteiger partial charge in [0.05, 0.1) is 17.7 Å². The van der Waals surface area contributed by atoms with Crippen LogP contribution in [0.25, 0.3) is 0 Å². The molecule has 0 radical (unpaired) electrons. The fraction of sp³-hybridized carbons (Fsp3) is 0.333. The summed E-state index contributed by atoms with van der Waals surface area (Å²) in [6, 6.07) is 4.76. The number of nitrogens with zero attached hydrogens (tertiary/aromatic N) is 1. The molecule has 8 nitrogen and oxygen atoms in total. The maximum absolute atomic E-state index is 12.2. The number of benzene rings is 1. The van der Waals surface area contributed by atoms with E-state index in [2.05, 4.69) is 31.3 Å². The molecule has 4 amide bonds. The van der Waals surface area contributed by atoms with Crippen molar-refractivity contribution in [1.29, 1.82) is 0 Å². The molecule has 2 N–H and O–H groups in total. The molecule has 0 spiro atoms. The number of imide groups is 1. The first kappa shape index (κ1) is 17.9. The van der Waals surface area contributed by atoms with E-state index in [1.807, 2.05) is 0 Å². The highest BCUT2D eigenvalue weighted by Gasteiger charge is 2.36. The lowest BCUT2D eigenvalue weighted by Crippen LogP contribution is -2.42. The summed E-state index contributed by atoms with van der Waals surface area (Å²) in [6.07, 6.45) is -0.572. The quantitative estimate of drug-likeness (QED) is 0.548. The van der Waals surface area contributed by atoms with Gasteiger partial charge in [0.25, 0.3) is 11.8 Å². The molecule has 0 atom stereocenters. The molecular formula is C15H16BrN3O5. The van der Waals surface area contributed by atoms with Crippen LogP contribution in [0.5, 0.6) is 0 Å². The van der Waals surface area contributed by atoms with Gasteiger partial charge in [0.1, 0.15) is 6.54 Å². The summed E-state index contributed by atoms with van der Waals surface area (Å²) in [5.41, 5.74) is 0.547. The molecular weight excluding hydrogens is 382 g/mol. The van der Waals surface area contributed by atoms with Crippen molar-refractivity contribution in [3.8, 4) is 0 Å². The van der Waals surface area contributed by atoms with Gasteiger partial charge in [-0.2, -0.15) is 0 Å². The molecule has 1 aliphatic rings. The summed E-state index contributed by atoms with van der Waals surface area (Å²) in [6.45, 7) is 1.91. The molecule has 0 aliphatic carbocycles. The third kappa shape index (κ3) is 4.10. The Hall–Kier alpha value is -2.42. The van der Waals surface area contributed by atoms with Gasteiger partial charge in [0, 0.05) is 17.6 Å². The van der Waals surface area contributed by atoms with Crippen molar-refractivity contribution in [2.24, 2.45) is 0 Å². The van der Waals surface area contributed by atoms with Gasteiger partial charge in [0.2, 0.25) is 5.91 Å². The zero-order chi connectivity index (χ0) is 17.7. The number of nitrogens with one attached hydrogen (secondary N) is 2. The van der Waals surface area contributed by atoms with Gasteiger partial charge in [-0.25, -0.2) is 4.79 Å². The SMILES string of the molecule is CCOC(=O)NCCNC(=O)CN1C(=O)c2ccc(Br)cc2C1=O. The lowest BCUT2D eigenvalue weighted by atomic mass is 10.1. The molecule has 2 rings (SSSR count). The van der Waals surface area contributed by atoms with E-state index in [1.54, 1.807) is 25.1 Å². The number of alkyl carbamates (subject to hydrolysis) is 1. The lowest BCUT2D eigenvalue weighted by Gasteiger charge is -2.13. The first-order valence-corrected chi connectivity index (χ1v) is 8.06. The van der Waals surface area contributed by atoms with Crippen LogP contribution in [0.1, 0.15) is 27.6 Å². The normalized spacial score (nSPS) is 12.8. The minimum atomic E-state index is -0.572. The van der Waals surface area contributed by atoms with Crippen molar-refractivity contribution >= 4 is 39.7 Å². The Morgan fingerprint density at radius 1 is 1.12 bits per heavy atom. The summed E-state index contributed by atoms with van der Waals surface area (Å²) in [7, 11) is 0. The molecule has 0 aromatic heterocycles. The van der Waals surface area contributed by atoms with Crippen LogP contribution in [0, 0.1) is 0 Å². The smallest absolute Gasteiger partial charge is 0.407 e. The zero-order valence-electron chi connectivity index (χ0n) is 12.9. The number of fused-ring (bicyclic) bond motifs is 1. The van der Waals surface area contributed by atoms with Crippen LogP contribution < -0.4 is 10.6 Å². The Labute approximate surface area is 146 Å². The predicted molar refractivity (Wildman–Crippen MR) is 87.5 cm³/mol. The average Bonchev–Trinajstić information content (AvgIpc) is 2.76. The predicted octanol–water partition coefficient (Wildman–Crippen LogP) is 0.907. The molecule has 0 fully saturated rings. The van der Waals surface area contributed by atoms with Crippen molar-refractivity contribution in [2.75, 3.05) is 26.2 Å². The van der Waals surface area contributed by atoms with Crippen LogP contribution in [0.2, 0.25) is 0 Å². The summed E-state index contributed by atoms with van der Waals surface area (Å²) < 4.78 is 5.35. The van der Waals surface area contributed by atoms with E-state index in [0.717, 1.165) is 4.90 Å². The highest BCUT2D eigenvalue weighted by molar-refractivity contribution is 9.10. The second kappa shape index (κ2) is 7.91. The van der Waals surface area contributed by atoms with Crippen LogP contribution in [0.15, 0.2) is 22.7 Å². The van der Waals surface area contributed by atoms with Gasteiger partial charge < -0.3 is 15.4 Å². The first-order valence-electron chi connectivity index (χ1n) is 7.27. The molecule has 128 valence electrons. The molecule has 1 aromatic carbocycles. The van der Waals surface area contributed by atoms with Gasteiger partial charge >= 0.3 is 6.09 Å². The zero-order valence-corrected chi connectivity index (χ0v) is 14.5. The molecule has 1 heterocycles. The minimum absolute atomic E-state index is 0.159. The monoisotopic (exact) mass is 397 g/mol. The van der Waals surface area contributed by atoms with Gasteiger partial charge in [-0.15, -0.1) is 0 Å². The van der Waals surface area contributed by atoms with Gasteiger partial charge in [-0.1, -0.05) is 15.9 Å². The van der Waals surface area contributed by atoms with Crippen LogP contribution in [0.4, 0.5) is 4.79 Å². The number of amides is 4. The molecule has 0 saturated heterocycles. The largest absolute Gasteiger partial charge is 0.450 e. The van der Waals surface area contributed by atoms with Crippen LogP contribution in [-0.2, 0) is 9.53 Å². The van der Waals surface area contributed by atoms with Gasteiger partial charge in [0.15, 0.2) is 0 Å². The third-order valence-electron chi connectivity index (χ3n) is 3.23. The van der Waals surface area contributed by atoms with E-state index in [1.165, 1.54) is 0 Å². The average molecular weight is 398 g/mol. The van der Waals surface area contributed by atoms with Crippen LogP contribution in [-0.4, -0.2) is 55.0 Å². The minimum Gasteiger partial charge on any atom is -0.450 e. The lowest BCUT2D eigenvalue weighted by molar-refractivity contribution is -0.121. The second-order valence-corrected chi connectivity index (χ2v) is 5.80. The number of ether oxygens (including phenoxy) is 1. The van der Waals surface area contributed by atoms with E-state index < -0.39 is 23.8 Å². The summed E-state index contributed by atoms with van der Waals surface area (Å²) in [5.74, 6) is -1.49. The number of halogens is 1. The number of carbonyl (C=O) groups is 4. The third-order valence-corrected chi connectivity index (χ3v) is 3.72. The van der Waals surface area contributed by atoms with Crippen molar-refractivity contribution in [3.05, 3.63) is 33.8 Å². The maximum Gasteiger partial charge on any atom is 0.407 e. The Balaban J connectivity index is 1.84. The standard InChI is InChI=1S/C15H16BrN3O5/c1-2-24-15(23)18-6-5-17-12(20)8-19-13(21)10-4-3-9(16)7-11(10)14(19)22/h3-4,7H,2,5-6,8H2,1H3,(H,17,20)(H,18,23). The van der Waals surface area contributed by atoms with Crippen LogP contribution >= 0.6 is 15.9 Å². The number of rotatable bonds is 6. The van der Waals surface area contributed by atoms with Crippen molar-refractivity contribution in [2.45, 2.75) is 6.92 Å². The van der Waals surface area contributed by atoms with E-state index in [4.69, 9.17) is 0 Å². The fourth-order valence-electron chi connectivity index (χ4n) is 2.15. The van der Waals surface area contributed by atoms with Crippen molar-refractivity contribution in [3.63, 3.8) is 0 Å². The highest BCUT2D eigenvalue weighted by Crippen LogP contribution is 2.25. The second-order valence-electron chi connectivity index (χ2n) is 4.88. The van der Waals surface area contributed by atoms with E-state index in [0.29, 0.717) is 4.47 Å². The van der Waals surface area contributed by atoms with E-state index in [-0.39, 0.29) is 37.4 Å². The summed E-state index contributed by atoms with van der Waals surface area (Å²) >= 11 is 3.24. The molecule has 1 aromatic rings. The number of hydrogen-bond donors (Lipinski definition) is 2. The number of hydrogen-bond acceptors (Lipinski definition) is 5. The molecule has 0 bridgehead atoms. The van der Waals surface area contributed by atoms with Gasteiger partial charge in [-0.3, -0.25) is 19.3 Å². The Morgan fingerprint density at radius 3 is 2.50 bits per heavy atom. The summed E-state index contributed by atoms with van der Waals surface area (Å²) in [4.78, 5) is 48.2. The molecule has 24 heavy (non-hydrogen) atoms. The molecule has 1 aliphatic heterocycles.